The van der Waals surface area contributed by atoms with Gasteiger partial charge in [-0.25, -0.2) is 4.68 Å². The summed E-state index contributed by atoms with van der Waals surface area (Å²) in [5.41, 5.74) is 1.91. The number of hydrogen-bond acceptors (Lipinski definition) is 3. The van der Waals surface area contributed by atoms with E-state index in [2.05, 4.69) is 30.2 Å². The Kier molecular flexibility index (Phi) is 3.02. The van der Waals surface area contributed by atoms with Crippen LogP contribution in [0.25, 0.3) is 0 Å². The van der Waals surface area contributed by atoms with Gasteiger partial charge in [0.1, 0.15) is 5.69 Å². The van der Waals surface area contributed by atoms with Crippen LogP contribution in [0.3, 0.4) is 0 Å². The van der Waals surface area contributed by atoms with Gasteiger partial charge in [-0.15, -0.1) is 5.10 Å². The maximum atomic E-state index is 8.58. The second-order valence-electron chi connectivity index (χ2n) is 3.23. The van der Waals surface area contributed by atoms with Crippen LogP contribution >= 0.6 is 0 Å². The fourth-order valence-electron chi connectivity index (χ4n) is 1.42. The Bertz CT molecular complexity index is 319. The number of hydrogen-bond donors (Lipinski definition) is 0. The van der Waals surface area contributed by atoms with Crippen molar-refractivity contribution >= 4 is 0 Å². The fourth-order valence-corrected chi connectivity index (χ4v) is 1.42. The number of nitrogens with zero attached hydrogens (tertiary/aromatic N) is 4. The van der Waals surface area contributed by atoms with E-state index in [0.717, 1.165) is 17.9 Å². The predicted molar refractivity (Wildman–Crippen MR) is 49.1 cm³/mol. The molecule has 0 bridgehead atoms. The Labute approximate surface area is 78.2 Å². The summed E-state index contributed by atoms with van der Waals surface area (Å²) >= 11 is 0. The minimum atomic E-state index is 0.355. The topological polar surface area (TPSA) is 54.5 Å². The van der Waals surface area contributed by atoms with E-state index in [1.165, 1.54) is 0 Å². The predicted octanol–water partition coefficient (Wildman–Crippen LogP) is 1.49. The zero-order valence-electron chi connectivity index (χ0n) is 8.28. The van der Waals surface area contributed by atoms with Crippen LogP contribution in [-0.2, 0) is 13.0 Å². The molecule has 70 valence electrons. The molecule has 0 aliphatic rings. The lowest BCUT2D eigenvalue weighted by atomic mass is 10.1. The first-order valence-corrected chi connectivity index (χ1v) is 4.49. The van der Waals surface area contributed by atoms with Gasteiger partial charge < -0.3 is 0 Å². The van der Waals surface area contributed by atoms with E-state index in [1.54, 1.807) is 0 Å². The Morgan fingerprint density at radius 1 is 1.54 bits per heavy atom. The summed E-state index contributed by atoms with van der Waals surface area (Å²) in [5, 5.41) is 16.6. The molecular formula is C9H14N4. The first kappa shape index (κ1) is 9.72. The molecule has 0 N–H and O–H groups in total. The molecule has 0 fully saturated rings. The monoisotopic (exact) mass is 178 g/mol. The van der Waals surface area contributed by atoms with Crippen molar-refractivity contribution in [1.29, 1.82) is 5.26 Å². The molecule has 13 heavy (non-hydrogen) atoms. The summed E-state index contributed by atoms with van der Waals surface area (Å²) in [4.78, 5) is 0. The number of rotatable bonds is 3. The number of aromatic nitrogens is 3. The second-order valence-corrected chi connectivity index (χ2v) is 3.23. The van der Waals surface area contributed by atoms with E-state index in [4.69, 9.17) is 5.26 Å². The average molecular weight is 178 g/mol. The molecule has 0 saturated heterocycles. The molecule has 0 saturated carbocycles. The molecule has 1 heterocycles. The average Bonchev–Trinajstić information content (AvgIpc) is 2.48. The first-order chi connectivity index (χ1) is 6.20. The van der Waals surface area contributed by atoms with E-state index in [0.29, 0.717) is 12.3 Å². The van der Waals surface area contributed by atoms with E-state index < -0.39 is 0 Å². The fraction of sp³-hybridized carbons (Fsp3) is 0.667. The molecule has 1 aromatic rings. The Morgan fingerprint density at radius 2 is 2.23 bits per heavy atom. The van der Waals surface area contributed by atoms with Gasteiger partial charge in [0.2, 0.25) is 0 Å². The van der Waals surface area contributed by atoms with Crippen LogP contribution in [0.1, 0.15) is 38.1 Å². The van der Waals surface area contributed by atoms with Crippen molar-refractivity contribution in [1.82, 2.24) is 15.0 Å². The molecule has 1 rings (SSSR count). The molecule has 4 heteroatoms. The van der Waals surface area contributed by atoms with Crippen LogP contribution < -0.4 is 0 Å². The van der Waals surface area contributed by atoms with Gasteiger partial charge in [0, 0.05) is 6.54 Å². The molecule has 0 aliphatic heterocycles. The van der Waals surface area contributed by atoms with Gasteiger partial charge in [-0.2, -0.15) is 5.26 Å². The lowest BCUT2D eigenvalue weighted by molar-refractivity contribution is 0.579. The SMILES string of the molecule is CCn1nnc(CC#N)c1C(C)C. The van der Waals surface area contributed by atoms with Crippen LogP contribution in [0, 0.1) is 11.3 Å². The van der Waals surface area contributed by atoms with Crippen molar-refractivity contribution in [2.45, 2.75) is 39.7 Å². The summed E-state index contributed by atoms with van der Waals surface area (Å²) in [6.45, 7) is 7.01. The lowest BCUT2D eigenvalue weighted by Crippen LogP contribution is -2.05. The van der Waals surface area contributed by atoms with Crippen molar-refractivity contribution < 1.29 is 0 Å². The van der Waals surface area contributed by atoms with Crippen molar-refractivity contribution in [2.75, 3.05) is 0 Å². The van der Waals surface area contributed by atoms with Crippen LogP contribution in [0.15, 0.2) is 0 Å². The summed E-state index contributed by atoms with van der Waals surface area (Å²) < 4.78 is 1.86. The molecule has 4 nitrogen and oxygen atoms in total. The zero-order valence-corrected chi connectivity index (χ0v) is 8.28. The summed E-state index contributed by atoms with van der Waals surface area (Å²) in [6.07, 6.45) is 0.355. The van der Waals surface area contributed by atoms with Crippen molar-refractivity contribution in [3.05, 3.63) is 11.4 Å². The maximum absolute atomic E-state index is 8.58. The minimum absolute atomic E-state index is 0.355. The third-order valence-corrected chi connectivity index (χ3v) is 1.94. The highest BCUT2D eigenvalue weighted by molar-refractivity contribution is 5.17. The van der Waals surface area contributed by atoms with Crippen LogP contribution in [0.2, 0.25) is 0 Å². The highest BCUT2D eigenvalue weighted by Gasteiger charge is 2.14. The van der Waals surface area contributed by atoms with Crippen LogP contribution in [0.5, 0.6) is 0 Å². The number of aryl methyl sites for hydroxylation is 1. The summed E-state index contributed by atoms with van der Waals surface area (Å²) in [6, 6.07) is 2.10. The largest absolute Gasteiger partial charge is 0.249 e. The molecule has 0 spiro atoms. The summed E-state index contributed by atoms with van der Waals surface area (Å²) in [5.74, 6) is 0.373. The molecule has 0 aromatic carbocycles. The Morgan fingerprint density at radius 3 is 2.69 bits per heavy atom. The highest BCUT2D eigenvalue weighted by Crippen LogP contribution is 2.17. The normalized spacial score (nSPS) is 10.4. The van der Waals surface area contributed by atoms with Crippen molar-refractivity contribution in [2.24, 2.45) is 0 Å². The van der Waals surface area contributed by atoms with Gasteiger partial charge in [0.25, 0.3) is 0 Å². The van der Waals surface area contributed by atoms with Crippen molar-refractivity contribution in [3.8, 4) is 6.07 Å². The molecule has 0 amide bonds. The molecule has 0 atom stereocenters. The zero-order chi connectivity index (χ0) is 9.84. The smallest absolute Gasteiger partial charge is 0.100 e. The van der Waals surface area contributed by atoms with Gasteiger partial charge in [0.15, 0.2) is 0 Å². The van der Waals surface area contributed by atoms with Crippen LogP contribution in [0.4, 0.5) is 0 Å². The van der Waals surface area contributed by atoms with E-state index in [-0.39, 0.29) is 0 Å². The first-order valence-electron chi connectivity index (χ1n) is 4.49. The van der Waals surface area contributed by atoms with Gasteiger partial charge in [0.05, 0.1) is 18.2 Å². The molecule has 0 aliphatic carbocycles. The van der Waals surface area contributed by atoms with Gasteiger partial charge >= 0.3 is 0 Å². The summed E-state index contributed by atoms with van der Waals surface area (Å²) in [7, 11) is 0. The third-order valence-electron chi connectivity index (χ3n) is 1.94. The lowest BCUT2D eigenvalue weighted by Gasteiger charge is -2.07. The van der Waals surface area contributed by atoms with E-state index in [9.17, 15) is 0 Å². The quantitative estimate of drug-likeness (QED) is 0.704. The molecule has 0 radical (unpaired) electrons. The maximum Gasteiger partial charge on any atom is 0.100 e. The molecule has 0 unspecified atom stereocenters. The molecule has 1 aromatic heterocycles. The minimum Gasteiger partial charge on any atom is -0.249 e. The van der Waals surface area contributed by atoms with E-state index >= 15 is 0 Å². The highest BCUT2D eigenvalue weighted by atomic mass is 15.4. The Hall–Kier alpha value is -1.37. The van der Waals surface area contributed by atoms with E-state index in [1.807, 2.05) is 11.6 Å². The second kappa shape index (κ2) is 4.04. The third kappa shape index (κ3) is 1.86. The van der Waals surface area contributed by atoms with Gasteiger partial charge in [-0.3, -0.25) is 0 Å². The Balaban J connectivity index is 3.08. The van der Waals surface area contributed by atoms with Crippen molar-refractivity contribution in [3.63, 3.8) is 0 Å². The molecular weight excluding hydrogens is 164 g/mol. The van der Waals surface area contributed by atoms with Crippen LogP contribution in [-0.4, -0.2) is 15.0 Å². The van der Waals surface area contributed by atoms with Gasteiger partial charge in [-0.1, -0.05) is 19.1 Å². The number of nitriles is 1. The standard InChI is InChI=1S/C9H14N4/c1-4-13-9(7(2)3)8(5-6-10)11-12-13/h7H,4-5H2,1-3H3. The van der Waals surface area contributed by atoms with Gasteiger partial charge in [-0.05, 0) is 12.8 Å².